The molecule has 2 aliphatic carbocycles. The molecule has 0 unspecified atom stereocenters. The smallest absolute Gasteiger partial charge is 0.0540 e. The van der Waals surface area contributed by atoms with E-state index in [0.717, 1.165) is 49.9 Å². The summed E-state index contributed by atoms with van der Waals surface area (Å²) in [5, 5.41) is 0. The molecule has 316 valence electrons. The van der Waals surface area contributed by atoms with E-state index in [4.69, 9.17) is 0 Å². The van der Waals surface area contributed by atoms with Crippen molar-refractivity contribution < 1.29 is 0 Å². The minimum atomic E-state index is -0.0741. The molecule has 0 spiro atoms. The average molecular weight is 839 g/mol. The normalized spacial score (nSPS) is 14.7. The summed E-state index contributed by atoms with van der Waals surface area (Å²) >= 11 is 0. The van der Waals surface area contributed by atoms with Crippen molar-refractivity contribution in [3.63, 3.8) is 0 Å². The van der Waals surface area contributed by atoms with Crippen molar-refractivity contribution in [1.82, 2.24) is 0 Å². The highest BCUT2D eigenvalue weighted by molar-refractivity contribution is 5.91. The quantitative estimate of drug-likeness (QED) is 0.127. The van der Waals surface area contributed by atoms with Gasteiger partial charge in [0, 0.05) is 39.4 Å². The van der Waals surface area contributed by atoms with Gasteiger partial charge in [0.15, 0.2) is 0 Å². The Balaban J connectivity index is 0.932. The van der Waals surface area contributed by atoms with E-state index in [1.807, 2.05) is 0 Å². The number of aryl methyl sites for hydroxylation is 1. The molecule has 0 aromatic heterocycles. The van der Waals surface area contributed by atoms with Gasteiger partial charge in [-0.25, -0.2) is 0 Å². The predicted molar refractivity (Wildman–Crippen MR) is 276 cm³/mol. The molecule has 0 saturated heterocycles. The highest BCUT2D eigenvalue weighted by Crippen LogP contribution is 2.55. The van der Waals surface area contributed by atoms with Gasteiger partial charge in [-0.1, -0.05) is 178 Å². The Labute approximate surface area is 385 Å². The van der Waals surface area contributed by atoms with E-state index >= 15 is 0 Å². The van der Waals surface area contributed by atoms with Gasteiger partial charge in [0.2, 0.25) is 0 Å². The van der Waals surface area contributed by atoms with Crippen LogP contribution in [0.4, 0.5) is 28.4 Å². The van der Waals surface area contributed by atoms with Crippen LogP contribution < -0.4 is 9.80 Å². The van der Waals surface area contributed by atoms with Crippen molar-refractivity contribution in [2.75, 3.05) is 9.80 Å². The van der Waals surface area contributed by atoms with E-state index in [1.54, 1.807) is 0 Å². The van der Waals surface area contributed by atoms with Crippen LogP contribution in [0.2, 0.25) is 0 Å². The topological polar surface area (TPSA) is 6.48 Å². The number of hydrogen-bond acceptors (Lipinski definition) is 2. The number of hydrogen-bond donors (Lipinski definition) is 0. The van der Waals surface area contributed by atoms with E-state index in [0.29, 0.717) is 0 Å². The maximum absolute atomic E-state index is 2.55. The van der Waals surface area contributed by atoms with Crippen molar-refractivity contribution in [2.45, 2.75) is 57.8 Å². The molecule has 11 rings (SSSR count). The summed E-state index contributed by atoms with van der Waals surface area (Å²) in [6, 6.07) is 71.7. The van der Waals surface area contributed by atoms with Crippen molar-refractivity contribution in [3.05, 3.63) is 245 Å². The van der Waals surface area contributed by atoms with E-state index in [1.165, 1.54) is 89.5 Å². The molecule has 2 heteroatoms. The van der Waals surface area contributed by atoms with Crippen molar-refractivity contribution in [3.8, 4) is 33.4 Å². The van der Waals surface area contributed by atoms with Gasteiger partial charge in [0.25, 0.3) is 0 Å². The van der Waals surface area contributed by atoms with E-state index in [9.17, 15) is 0 Å². The van der Waals surface area contributed by atoms with Crippen LogP contribution in [0.3, 0.4) is 0 Å². The van der Waals surface area contributed by atoms with Crippen LogP contribution in [-0.4, -0.2) is 0 Å². The van der Waals surface area contributed by atoms with Gasteiger partial charge in [-0.2, -0.15) is 0 Å². The standard InChI is InChI=1S/C63H54N2/c1-3-63(4-2)58-42-46(32-39-55(58)56-40-38-54(44-59(56)63)64(52-22-10-6-11-23-52)53-24-12-7-13-25-53)29-28-45-30-33-48(34-31-45)57-43-51(47-18-8-5-9-19-47)37-41-62(57)65-60-26-16-14-20-49(60)35-36-50-21-15-17-27-61(50)65/h5-14,16,18-34,37-44H,3-4,15,17,35-36H2,1-2H3/b29-28+. The van der Waals surface area contributed by atoms with Crippen LogP contribution in [0.1, 0.15) is 73.8 Å². The predicted octanol–water partition coefficient (Wildman–Crippen LogP) is 17.4. The maximum atomic E-state index is 2.55. The highest BCUT2D eigenvalue weighted by atomic mass is 15.2. The second-order valence-electron chi connectivity index (χ2n) is 17.7. The van der Waals surface area contributed by atoms with Gasteiger partial charge in [-0.05, 0) is 154 Å². The Hall–Kier alpha value is -7.42. The van der Waals surface area contributed by atoms with Crippen LogP contribution in [-0.2, 0) is 11.8 Å². The monoisotopic (exact) mass is 838 g/mol. The molecule has 0 amide bonds. The minimum absolute atomic E-state index is 0.0741. The number of benzene rings is 8. The second kappa shape index (κ2) is 17.3. The summed E-state index contributed by atoms with van der Waals surface area (Å²) in [6.07, 6.45) is 15.9. The third-order valence-corrected chi connectivity index (χ3v) is 14.3. The zero-order chi connectivity index (χ0) is 43.7. The molecule has 8 aromatic rings. The number of anilines is 5. The molecule has 1 heterocycles. The molecule has 1 aliphatic heterocycles. The molecule has 0 atom stereocenters. The summed E-state index contributed by atoms with van der Waals surface area (Å²) < 4.78 is 0. The summed E-state index contributed by atoms with van der Waals surface area (Å²) in [6.45, 7) is 4.72. The third kappa shape index (κ3) is 7.34. The lowest BCUT2D eigenvalue weighted by molar-refractivity contribution is 0.490. The largest absolute Gasteiger partial charge is 0.310 e. The number of fused-ring (bicyclic) bond motifs is 5. The van der Waals surface area contributed by atoms with Crippen molar-refractivity contribution in [1.29, 1.82) is 0 Å². The number of allylic oxidation sites excluding steroid dienone is 3. The second-order valence-corrected chi connectivity index (χ2v) is 17.7. The van der Waals surface area contributed by atoms with Gasteiger partial charge < -0.3 is 9.80 Å². The molecule has 8 aromatic carbocycles. The van der Waals surface area contributed by atoms with Gasteiger partial charge in [0.05, 0.1) is 5.69 Å². The fourth-order valence-corrected chi connectivity index (χ4v) is 10.9. The summed E-state index contributed by atoms with van der Waals surface area (Å²) in [5.41, 5.74) is 23.0. The number of para-hydroxylation sites is 3. The lowest BCUT2D eigenvalue weighted by atomic mass is 9.73. The summed E-state index contributed by atoms with van der Waals surface area (Å²) in [4.78, 5) is 4.93. The molecule has 0 bridgehead atoms. The molecule has 0 radical (unpaired) electrons. The van der Waals surface area contributed by atoms with Crippen molar-refractivity contribution in [2.24, 2.45) is 0 Å². The van der Waals surface area contributed by atoms with Crippen molar-refractivity contribution >= 4 is 40.6 Å². The minimum Gasteiger partial charge on any atom is -0.310 e. The Bertz CT molecular complexity index is 3060. The molecule has 0 saturated carbocycles. The first kappa shape index (κ1) is 40.4. The van der Waals surface area contributed by atoms with Crippen LogP contribution in [0.25, 0.3) is 45.5 Å². The molecule has 3 aliphatic rings. The lowest BCUT2D eigenvalue weighted by Gasteiger charge is -2.32. The fourth-order valence-electron chi connectivity index (χ4n) is 10.9. The van der Waals surface area contributed by atoms with Gasteiger partial charge >= 0.3 is 0 Å². The van der Waals surface area contributed by atoms with Gasteiger partial charge in [0.1, 0.15) is 0 Å². The number of nitrogens with zero attached hydrogens (tertiary/aromatic N) is 2. The first-order valence-corrected chi connectivity index (χ1v) is 23.6. The lowest BCUT2D eigenvalue weighted by Crippen LogP contribution is -2.23. The molecule has 65 heavy (non-hydrogen) atoms. The van der Waals surface area contributed by atoms with Crippen LogP contribution in [0.5, 0.6) is 0 Å². The van der Waals surface area contributed by atoms with E-state index in [-0.39, 0.29) is 5.41 Å². The summed E-state index contributed by atoms with van der Waals surface area (Å²) in [5.74, 6) is 0. The average Bonchev–Trinajstić information content (AvgIpc) is 3.53. The Morgan fingerprint density at radius 2 is 1.06 bits per heavy atom. The zero-order valence-corrected chi connectivity index (χ0v) is 37.4. The molecule has 0 fully saturated rings. The van der Waals surface area contributed by atoms with Crippen LogP contribution in [0, 0.1) is 0 Å². The third-order valence-electron chi connectivity index (χ3n) is 14.3. The first-order valence-electron chi connectivity index (χ1n) is 23.6. The maximum Gasteiger partial charge on any atom is 0.0540 e. The molecule has 0 N–H and O–H groups in total. The molecule has 2 nitrogen and oxygen atoms in total. The Morgan fingerprint density at radius 3 is 1.78 bits per heavy atom. The van der Waals surface area contributed by atoms with Gasteiger partial charge in [-0.3, -0.25) is 0 Å². The van der Waals surface area contributed by atoms with E-state index in [2.05, 4.69) is 242 Å². The SMILES string of the molecule is CCC1(CC)c2cc(/C=C/c3ccc(-c4cc(-c5ccccc5)ccc4N4C5=CCCC=C5CCc5ccccc54)cc3)ccc2-c2ccc(N(c3ccccc3)c3ccccc3)cc21. The highest BCUT2D eigenvalue weighted by Gasteiger charge is 2.41. The fraction of sp³-hybridized carbons (Fsp3) is 0.143. The molecular formula is C63H54N2. The van der Waals surface area contributed by atoms with Crippen LogP contribution >= 0.6 is 0 Å². The van der Waals surface area contributed by atoms with Gasteiger partial charge in [-0.15, -0.1) is 0 Å². The Morgan fingerprint density at radius 1 is 0.462 bits per heavy atom. The first-order chi connectivity index (χ1) is 32.1. The Kier molecular flexibility index (Phi) is 10.7. The van der Waals surface area contributed by atoms with E-state index < -0.39 is 0 Å². The molecular weight excluding hydrogens is 785 g/mol. The summed E-state index contributed by atoms with van der Waals surface area (Å²) in [7, 11) is 0. The van der Waals surface area contributed by atoms with Crippen LogP contribution in [0.15, 0.2) is 218 Å². The zero-order valence-electron chi connectivity index (χ0n) is 37.4. The number of rotatable bonds is 10.